The Morgan fingerprint density at radius 3 is 2.70 bits per heavy atom. The van der Waals surface area contributed by atoms with E-state index >= 15 is 0 Å². The van der Waals surface area contributed by atoms with E-state index in [4.69, 9.17) is 14.6 Å². The SMILES string of the molecule is CO[C@@H](C(=O)N1CCOC[C@@H]1C(=O)O)c1ccccc1. The highest BCUT2D eigenvalue weighted by Gasteiger charge is 2.36. The molecule has 0 spiro atoms. The second-order valence-electron chi connectivity index (χ2n) is 4.49. The predicted molar refractivity (Wildman–Crippen MR) is 70.1 cm³/mol. The minimum atomic E-state index is -1.07. The molecule has 0 unspecified atom stereocenters. The van der Waals surface area contributed by atoms with E-state index in [-0.39, 0.29) is 19.1 Å². The standard InChI is InChI=1S/C14H17NO5/c1-19-12(10-5-3-2-4-6-10)13(16)15-7-8-20-9-11(15)14(17)18/h2-6,11-12H,7-9H2,1H3,(H,17,18)/t11-,12-/m1/s1. The van der Waals surface area contributed by atoms with Crippen LogP contribution in [0.2, 0.25) is 0 Å². The van der Waals surface area contributed by atoms with E-state index in [0.717, 1.165) is 0 Å². The van der Waals surface area contributed by atoms with E-state index < -0.39 is 18.1 Å². The van der Waals surface area contributed by atoms with Crippen LogP contribution in [0.3, 0.4) is 0 Å². The molecule has 1 aromatic carbocycles. The Morgan fingerprint density at radius 1 is 1.40 bits per heavy atom. The molecule has 1 heterocycles. The van der Waals surface area contributed by atoms with Gasteiger partial charge in [0.05, 0.1) is 13.2 Å². The van der Waals surface area contributed by atoms with Crippen molar-refractivity contribution in [2.75, 3.05) is 26.9 Å². The maximum atomic E-state index is 12.5. The number of benzene rings is 1. The zero-order chi connectivity index (χ0) is 14.5. The summed E-state index contributed by atoms with van der Waals surface area (Å²) in [5.41, 5.74) is 0.704. The van der Waals surface area contributed by atoms with Crippen LogP contribution in [-0.4, -0.2) is 54.8 Å². The lowest BCUT2D eigenvalue weighted by atomic mass is 10.1. The Hall–Kier alpha value is -1.92. The number of hydrogen-bond donors (Lipinski definition) is 1. The smallest absolute Gasteiger partial charge is 0.328 e. The first-order valence-electron chi connectivity index (χ1n) is 6.34. The average Bonchev–Trinajstić information content (AvgIpc) is 2.49. The fourth-order valence-electron chi connectivity index (χ4n) is 2.23. The van der Waals surface area contributed by atoms with Crippen LogP contribution in [0.5, 0.6) is 0 Å². The van der Waals surface area contributed by atoms with E-state index in [0.29, 0.717) is 12.2 Å². The average molecular weight is 279 g/mol. The van der Waals surface area contributed by atoms with Crippen molar-refractivity contribution >= 4 is 11.9 Å². The minimum absolute atomic E-state index is 0.00625. The number of hydrogen-bond acceptors (Lipinski definition) is 4. The second-order valence-corrected chi connectivity index (χ2v) is 4.49. The van der Waals surface area contributed by atoms with Gasteiger partial charge in [-0.15, -0.1) is 0 Å². The molecule has 0 bridgehead atoms. The number of carboxylic acid groups (broad SMARTS) is 1. The molecule has 2 rings (SSSR count). The number of ether oxygens (including phenoxy) is 2. The highest BCUT2D eigenvalue weighted by atomic mass is 16.5. The van der Waals surface area contributed by atoms with Crippen LogP contribution in [0.25, 0.3) is 0 Å². The normalized spacial score (nSPS) is 20.4. The third-order valence-electron chi connectivity index (χ3n) is 3.26. The number of amides is 1. The fourth-order valence-corrected chi connectivity index (χ4v) is 2.23. The molecule has 1 aliphatic rings. The minimum Gasteiger partial charge on any atom is -0.480 e. The molecule has 0 saturated carbocycles. The molecule has 2 atom stereocenters. The molecule has 1 aliphatic heterocycles. The number of aliphatic carboxylic acids is 1. The van der Waals surface area contributed by atoms with E-state index in [1.54, 1.807) is 12.1 Å². The molecule has 20 heavy (non-hydrogen) atoms. The summed E-state index contributed by atoms with van der Waals surface area (Å²) < 4.78 is 10.4. The van der Waals surface area contributed by atoms with Crippen molar-refractivity contribution < 1.29 is 24.2 Å². The van der Waals surface area contributed by atoms with Crippen LogP contribution < -0.4 is 0 Å². The summed E-state index contributed by atoms with van der Waals surface area (Å²) in [6, 6.07) is 8.06. The summed E-state index contributed by atoms with van der Waals surface area (Å²) in [7, 11) is 1.44. The van der Waals surface area contributed by atoms with E-state index in [1.807, 2.05) is 18.2 Å². The first-order chi connectivity index (χ1) is 9.65. The molecule has 1 saturated heterocycles. The van der Waals surface area contributed by atoms with Crippen molar-refractivity contribution in [3.8, 4) is 0 Å². The molecule has 0 aromatic heterocycles. The largest absolute Gasteiger partial charge is 0.480 e. The first-order valence-corrected chi connectivity index (χ1v) is 6.34. The Labute approximate surface area is 116 Å². The first kappa shape index (κ1) is 14.5. The highest BCUT2D eigenvalue weighted by Crippen LogP contribution is 2.21. The van der Waals surface area contributed by atoms with Gasteiger partial charge < -0.3 is 19.5 Å². The summed E-state index contributed by atoms with van der Waals surface area (Å²) in [4.78, 5) is 25.0. The van der Waals surface area contributed by atoms with Crippen LogP contribution in [0.4, 0.5) is 0 Å². The van der Waals surface area contributed by atoms with Gasteiger partial charge in [-0.25, -0.2) is 4.79 Å². The van der Waals surface area contributed by atoms with Crippen molar-refractivity contribution in [2.45, 2.75) is 12.1 Å². The molecular formula is C14H17NO5. The molecule has 6 heteroatoms. The molecule has 1 N–H and O–H groups in total. The number of methoxy groups -OCH3 is 1. The number of morpholine rings is 1. The van der Waals surface area contributed by atoms with Crippen molar-refractivity contribution in [2.24, 2.45) is 0 Å². The van der Waals surface area contributed by atoms with Crippen molar-refractivity contribution in [3.05, 3.63) is 35.9 Å². The third kappa shape index (κ3) is 2.97. The number of nitrogens with zero attached hydrogens (tertiary/aromatic N) is 1. The number of carbonyl (C=O) groups is 2. The van der Waals surface area contributed by atoms with Gasteiger partial charge in [-0.1, -0.05) is 30.3 Å². The summed E-state index contributed by atoms with van der Waals surface area (Å²) in [5.74, 6) is -1.42. The highest BCUT2D eigenvalue weighted by molar-refractivity contribution is 5.87. The lowest BCUT2D eigenvalue weighted by Crippen LogP contribution is -2.54. The van der Waals surface area contributed by atoms with Gasteiger partial charge in [-0.2, -0.15) is 0 Å². The molecule has 0 aliphatic carbocycles. The maximum absolute atomic E-state index is 12.5. The van der Waals surface area contributed by atoms with Gasteiger partial charge in [-0.3, -0.25) is 4.79 Å². The lowest BCUT2D eigenvalue weighted by Gasteiger charge is -2.34. The second kappa shape index (κ2) is 6.49. The van der Waals surface area contributed by atoms with E-state index in [9.17, 15) is 9.59 Å². The molecule has 1 fully saturated rings. The Bertz CT molecular complexity index is 476. The third-order valence-corrected chi connectivity index (χ3v) is 3.26. The predicted octanol–water partition coefficient (Wildman–Crippen LogP) is 0.686. The molecule has 0 radical (unpaired) electrons. The van der Waals surface area contributed by atoms with Gasteiger partial charge in [0.25, 0.3) is 5.91 Å². The summed E-state index contributed by atoms with van der Waals surface area (Å²) in [6.45, 7) is 0.593. The summed E-state index contributed by atoms with van der Waals surface area (Å²) in [5, 5.41) is 9.17. The number of rotatable bonds is 4. The van der Waals surface area contributed by atoms with Crippen molar-refractivity contribution in [3.63, 3.8) is 0 Å². The van der Waals surface area contributed by atoms with Crippen molar-refractivity contribution in [1.82, 2.24) is 4.90 Å². The zero-order valence-corrected chi connectivity index (χ0v) is 11.2. The Kier molecular flexibility index (Phi) is 4.70. The topological polar surface area (TPSA) is 76.1 Å². The maximum Gasteiger partial charge on any atom is 0.328 e. The molecule has 108 valence electrons. The number of carbonyl (C=O) groups excluding carboxylic acids is 1. The van der Waals surface area contributed by atoms with Gasteiger partial charge in [-0.05, 0) is 5.56 Å². The monoisotopic (exact) mass is 279 g/mol. The van der Waals surface area contributed by atoms with Gasteiger partial charge in [0, 0.05) is 13.7 Å². The van der Waals surface area contributed by atoms with Gasteiger partial charge in [0.15, 0.2) is 12.1 Å². The fraction of sp³-hybridized carbons (Fsp3) is 0.429. The van der Waals surface area contributed by atoms with Gasteiger partial charge >= 0.3 is 5.97 Å². The van der Waals surface area contributed by atoms with Crippen LogP contribution in [-0.2, 0) is 19.1 Å². The Balaban J connectivity index is 2.21. The van der Waals surface area contributed by atoms with Gasteiger partial charge in [0.1, 0.15) is 0 Å². The molecule has 1 amide bonds. The molecule has 6 nitrogen and oxygen atoms in total. The molecule has 1 aromatic rings. The lowest BCUT2D eigenvalue weighted by molar-refractivity contribution is -0.163. The van der Waals surface area contributed by atoms with Crippen LogP contribution in [0, 0.1) is 0 Å². The van der Waals surface area contributed by atoms with Gasteiger partial charge in [0.2, 0.25) is 0 Å². The number of carboxylic acids is 1. The zero-order valence-electron chi connectivity index (χ0n) is 11.2. The molecular weight excluding hydrogens is 262 g/mol. The van der Waals surface area contributed by atoms with Crippen LogP contribution in [0.1, 0.15) is 11.7 Å². The summed E-state index contributed by atoms with van der Waals surface area (Å²) >= 11 is 0. The summed E-state index contributed by atoms with van der Waals surface area (Å²) in [6.07, 6.45) is -0.795. The quantitative estimate of drug-likeness (QED) is 0.877. The van der Waals surface area contributed by atoms with E-state index in [2.05, 4.69) is 0 Å². The van der Waals surface area contributed by atoms with Crippen LogP contribution in [0.15, 0.2) is 30.3 Å². The van der Waals surface area contributed by atoms with Crippen molar-refractivity contribution in [1.29, 1.82) is 0 Å². The Morgan fingerprint density at radius 2 is 2.10 bits per heavy atom. The van der Waals surface area contributed by atoms with Crippen LogP contribution >= 0.6 is 0 Å². The van der Waals surface area contributed by atoms with E-state index in [1.165, 1.54) is 12.0 Å².